The fraction of sp³-hybridized carbons (Fsp3) is 0.500. The van der Waals surface area contributed by atoms with Crippen molar-refractivity contribution in [1.29, 1.82) is 0 Å². The van der Waals surface area contributed by atoms with Gasteiger partial charge in [0.25, 0.3) is 5.56 Å². The van der Waals surface area contributed by atoms with Crippen LogP contribution in [0.15, 0.2) is 41.5 Å². The Hall–Kier alpha value is -3.69. The molecule has 2 aromatic rings. The van der Waals surface area contributed by atoms with Crippen molar-refractivity contribution in [3.05, 3.63) is 58.3 Å². The number of aromatic nitrogens is 2. The molecule has 6 atom stereocenters. The van der Waals surface area contributed by atoms with E-state index in [0.717, 1.165) is 0 Å². The number of aliphatic hydroxyl groups is 3. The number of carbonyl (C=O) groups is 3. The summed E-state index contributed by atoms with van der Waals surface area (Å²) in [4.78, 5) is 58.2. The lowest BCUT2D eigenvalue weighted by atomic mass is 9.88. The van der Waals surface area contributed by atoms with Crippen LogP contribution in [0, 0.1) is 5.92 Å². The molecule has 4 unspecified atom stereocenters. The van der Waals surface area contributed by atoms with Gasteiger partial charge in [-0.1, -0.05) is 18.2 Å². The molecule has 0 aliphatic carbocycles. The Morgan fingerprint density at radius 3 is 2.65 bits per heavy atom. The van der Waals surface area contributed by atoms with Crippen molar-refractivity contribution in [3.8, 4) is 0 Å². The molecule has 1 aromatic carbocycles. The van der Waals surface area contributed by atoms with Gasteiger partial charge in [0.1, 0.15) is 18.3 Å². The van der Waals surface area contributed by atoms with E-state index < -0.39 is 72.9 Å². The van der Waals surface area contributed by atoms with Crippen molar-refractivity contribution in [2.75, 3.05) is 24.7 Å². The Bertz CT molecular complexity index is 1270. The lowest BCUT2D eigenvalue weighted by Gasteiger charge is -2.31. The summed E-state index contributed by atoms with van der Waals surface area (Å²) in [5, 5.41) is 45.6. The molecule has 1 fully saturated rings. The molecular weight excluding hydrogens is 526 g/mol. The largest absolute Gasteiger partial charge is 0.481 e. The number of carboxylic acid groups (broad SMARTS) is 1. The normalized spacial score (nSPS) is 23.1. The minimum Gasteiger partial charge on any atom is -0.481 e. The van der Waals surface area contributed by atoms with E-state index in [-0.39, 0.29) is 18.5 Å². The van der Waals surface area contributed by atoms with E-state index in [0.29, 0.717) is 30.7 Å². The molecule has 7 N–H and O–H groups in total. The number of carbonyl (C=O) groups excluding carboxylic acids is 2. The number of rotatable bonds is 11. The van der Waals surface area contributed by atoms with Gasteiger partial charge >= 0.3 is 5.97 Å². The van der Waals surface area contributed by atoms with Crippen LogP contribution in [0.3, 0.4) is 0 Å². The zero-order valence-corrected chi connectivity index (χ0v) is 21.6. The van der Waals surface area contributed by atoms with Crippen LogP contribution in [-0.2, 0) is 25.5 Å². The molecule has 4 rings (SSSR count). The van der Waals surface area contributed by atoms with Crippen molar-refractivity contribution >= 4 is 23.5 Å². The topological polar surface area (TPSA) is 218 Å². The maximum atomic E-state index is 14.1. The first-order chi connectivity index (χ1) is 19.2. The molecule has 0 radical (unpaired) electrons. The van der Waals surface area contributed by atoms with Gasteiger partial charge in [-0.15, -0.1) is 0 Å². The minimum atomic E-state index is -1.66. The molecule has 0 spiro atoms. The molecule has 3 heterocycles. The predicted molar refractivity (Wildman–Crippen MR) is 139 cm³/mol. The number of epoxide rings is 1. The fourth-order valence-electron chi connectivity index (χ4n) is 4.93. The summed E-state index contributed by atoms with van der Waals surface area (Å²) in [5.41, 5.74) is 0.198. The highest BCUT2D eigenvalue weighted by Gasteiger charge is 2.38. The number of aliphatic carboxylic acids is 1. The fourth-order valence-corrected chi connectivity index (χ4v) is 4.93. The average molecular weight is 560 g/mol. The van der Waals surface area contributed by atoms with Gasteiger partial charge in [0.05, 0.1) is 37.8 Å². The summed E-state index contributed by atoms with van der Waals surface area (Å²) in [7, 11) is 0. The Morgan fingerprint density at radius 2 is 1.98 bits per heavy atom. The van der Waals surface area contributed by atoms with Crippen molar-refractivity contribution in [2.24, 2.45) is 5.92 Å². The van der Waals surface area contributed by atoms with Gasteiger partial charge < -0.3 is 40.4 Å². The number of aliphatic hydroxyl groups excluding tert-OH is 3. The molecule has 1 aromatic heterocycles. The van der Waals surface area contributed by atoms with Gasteiger partial charge in [-0.05, 0) is 36.8 Å². The molecular formula is C26H33N5O9. The van der Waals surface area contributed by atoms with Gasteiger partial charge in [-0.3, -0.25) is 24.5 Å². The van der Waals surface area contributed by atoms with Crippen LogP contribution in [0.25, 0.3) is 0 Å². The highest BCUT2D eigenvalue weighted by Crippen LogP contribution is 2.30. The summed E-state index contributed by atoms with van der Waals surface area (Å²) >= 11 is 0. The lowest BCUT2D eigenvalue weighted by molar-refractivity contribution is -0.138. The Balaban J connectivity index is 1.66. The predicted octanol–water partition coefficient (Wildman–Crippen LogP) is -1.58. The van der Waals surface area contributed by atoms with E-state index >= 15 is 0 Å². The Morgan fingerprint density at radius 1 is 1.23 bits per heavy atom. The average Bonchev–Trinajstić information content (AvgIpc) is 3.77. The second-order valence-corrected chi connectivity index (χ2v) is 9.91. The summed E-state index contributed by atoms with van der Waals surface area (Å²) in [5.74, 6) is -2.93. The third kappa shape index (κ3) is 7.28. The van der Waals surface area contributed by atoms with Crippen LogP contribution in [0.1, 0.15) is 36.7 Å². The Kier molecular flexibility index (Phi) is 9.60. The minimum absolute atomic E-state index is 0.0357. The van der Waals surface area contributed by atoms with Crippen molar-refractivity contribution < 1.29 is 39.5 Å². The lowest BCUT2D eigenvalue weighted by Crippen LogP contribution is -2.53. The number of para-hydroxylation sites is 1. The number of nitrogens with zero attached hydrogens (tertiary/aromatic N) is 2. The number of aryl methyl sites for hydroxylation is 1. The number of ether oxygens (including phenoxy) is 1. The summed E-state index contributed by atoms with van der Waals surface area (Å²) < 4.78 is 5.18. The second kappa shape index (κ2) is 13.1. The van der Waals surface area contributed by atoms with E-state index in [1.165, 1.54) is 17.3 Å². The summed E-state index contributed by atoms with van der Waals surface area (Å²) in [6, 6.07) is 4.95. The summed E-state index contributed by atoms with van der Waals surface area (Å²) in [6.45, 7) is -0.699. The number of nitrogens with one attached hydrogen (secondary N) is 3. The maximum absolute atomic E-state index is 14.1. The number of hydrogen-bond donors (Lipinski definition) is 7. The molecule has 40 heavy (non-hydrogen) atoms. The number of carboxylic acids is 1. The van der Waals surface area contributed by atoms with Crippen LogP contribution < -0.4 is 21.1 Å². The van der Waals surface area contributed by atoms with Crippen molar-refractivity contribution in [2.45, 2.75) is 56.2 Å². The van der Waals surface area contributed by atoms with E-state index in [1.54, 1.807) is 24.3 Å². The van der Waals surface area contributed by atoms with E-state index in [4.69, 9.17) is 4.74 Å². The molecule has 14 heteroatoms. The van der Waals surface area contributed by atoms with Crippen LogP contribution in [0.2, 0.25) is 0 Å². The number of benzene rings is 1. The first-order valence-electron chi connectivity index (χ1n) is 13.0. The molecule has 1 saturated heterocycles. The van der Waals surface area contributed by atoms with Crippen LogP contribution in [0.4, 0.5) is 5.69 Å². The number of aromatic amines is 1. The standard InChI is InChI=1S/C26H33N5O9/c32-12-19(33)15-6-5-14-3-1-2-4-18(14)31(11-21(34)29-16(10-22(35)36)20-13-40-20)26(39)17(9-15)30-25(38)23-24(37)28-8-7-27-23/h1-4,7-8,15-17,19-20,25,30,32-33,38H,5-6,9-13H2,(H,28,37)(H,29,34)(H,35,36)/t15?,16-,17-,19?,20?,25?/m0/s1. The number of amides is 2. The molecule has 2 amide bonds. The van der Waals surface area contributed by atoms with Crippen molar-refractivity contribution in [3.63, 3.8) is 0 Å². The van der Waals surface area contributed by atoms with E-state index in [9.17, 15) is 39.6 Å². The van der Waals surface area contributed by atoms with Crippen LogP contribution >= 0.6 is 0 Å². The van der Waals surface area contributed by atoms with Gasteiger partial charge in [-0.2, -0.15) is 0 Å². The van der Waals surface area contributed by atoms with E-state index in [2.05, 4.69) is 20.6 Å². The number of hydrogen-bond acceptors (Lipinski definition) is 10. The third-order valence-corrected chi connectivity index (χ3v) is 7.10. The molecule has 14 nitrogen and oxygen atoms in total. The van der Waals surface area contributed by atoms with Crippen LogP contribution in [-0.4, -0.2) is 92.2 Å². The zero-order chi connectivity index (χ0) is 28.8. The van der Waals surface area contributed by atoms with Crippen molar-refractivity contribution in [1.82, 2.24) is 20.6 Å². The third-order valence-electron chi connectivity index (χ3n) is 7.10. The molecule has 2 aliphatic rings. The zero-order valence-electron chi connectivity index (χ0n) is 21.6. The van der Waals surface area contributed by atoms with Crippen LogP contribution in [0.5, 0.6) is 0 Å². The molecule has 216 valence electrons. The first kappa shape index (κ1) is 29.3. The molecule has 0 saturated carbocycles. The number of H-pyrrole nitrogens is 1. The van der Waals surface area contributed by atoms with Gasteiger partial charge in [0, 0.05) is 18.1 Å². The Labute approximate surface area is 229 Å². The highest BCUT2D eigenvalue weighted by atomic mass is 16.6. The van der Waals surface area contributed by atoms with Gasteiger partial charge in [0.2, 0.25) is 11.8 Å². The molecule has 2 aliphatic heterocycles. The smallest absolute Gasteiger partial charge is 0.305 e. The number of anilines is 1. The summed E-state index contributed by atoms with van der Waals surface area (Å²) in [6.07, 6.45) is -0.286. The maximum Gasteiger partial charge on any atom is 0.305 e. The quantitative estimate of drug-likeness (QED) is 0.123. The molecule has 0 bridgehead atoms. The van der Waals surface area contributed by atoms with Gasteiger partial charge in [0.15, 0.2) is 6.23 Å². The highest BCUT2D eigenvalue weighted by molar-refractivity contribution is 6.02. The SMILES string of the molecule is O=C(O)C[C@H](NC(=O)CN1C(=O)[C@@H](NC(O)c2ncc[nH]c2=O)CC(C(O)CO)CCc2ccccc21)C1CO1. The second-order valence-electron chi connectivity index (χ2n) is 9.91. The first-order valence-corrected chi connectivity index (χ1v) is 13.0. The monoisotopic (exact) mass is 559 g/mol. The van der Waals surface area contributed by atoms with Gasteiger partial charge in [-0.25, -0.2) is 4.98 Å². The van der Waals surface area contributed by atoms with E-state index in [1.807, 2.05) is 0 Å². The number of fused-ring (bicyclic) bond motifs is 1.